The van der Waals surface area contributed by atoms with E-state index in [0.29, 0.717) is 4.88 Å². The van der Waals surface area contributed by atoms with Crippen molar-refractivity contribution in [1.29, 1.82) is 0 Å². The van der Waals surface area contributed by atoms with E-state index in [4.69, 9.17) is 4.74 Å². The number of carbonyl (C=O) groups excluding carboxylic acids is 2. The van der Waals surface area contributed by atoms with Gasteiger partial charge in [0.15, 0.2) is 6.61 Å². The molecule has 154 valence electrons. The minimum absolute atomic E-state index is 0.294. The molecular formula is C25H25NO3S. The van der Waals surface area contributed by atoms with E-state index in [1.54, 1.807) is 0 Å². The van der Waals surface area contributed by atoms with Crippen LogP contribution in [0.25, 0.3) is 0 Å². The summed E-state index contributed by atoms with van der Waals surface area (Å²) in [5.41, 5.74) is 3.22. The highest BCUT2D eigenvalue weighted by Crippen LogP contribution is 2.29. The van der Waals surface area contributed by atoms with Crippen LogP contribution in [0.4, 0.5) is 0 Å². The highest BCUT2D eigenvalue weighted by Gasteiger charge is 2.20. The van der Waals surface area contributed by atoms with Gasteiger partial charge < -0.3 is 10.1 Å². The van der Waals surface area contributed by atoms with E-state index in [1.807, 2.05) is 66.7 Å². The van der Waals surface area contributed by atoms with Crippen molar-refractivity contribution in [3.05, 3.63) is 93.2 Å². The maximum atomic E-state index is 12.6. The van der Waals surface area contributed by atoms with E-state index in [-0.39, 0.29) is 18.6 Å². The van der Waals surface area contributed by atoms with Crippen LogP contribution in [0.15, 0.2) is 66.7 Å². The van der Waals surface area contributed by atoms with Gasteiger partial charge in [-0.1, -0.05) is 67.1 Å². The lowest BCUT2D eigenvalue weighted by atomic mass is 9.99. The number of amides is 1. The smallest absolute Gasteiger partial charge is 0.348 e. The van der Waals surface area contributed by atoms with Crippen LogP contribution in [0.3, 0.4) is 0 Å². The Morgan fingerprint density at radius 2 is 1.53 bits per heavy atom. The molecule has 0 radical (unpaired) electrons. The summed E-state index contributed by atoms with van der Waals surface area (Å²) in [5, 5.41) is 3.00. The summed E-state index contributed by atoms with van der Waals surface area (Å²) < 4.78 is 5.33. The molecule has 0 bridgehead atoms. The average Bonchev–Trinajstić information content (AvgIpc) is 3.07. The van der Waals surface area contributed by atoms with Crippen molar-refractivity contribution in [1.82, 2.24) is 5.32 Å². The fraction of sp³-hybridized carbons (Fsp3) is 0.280. The van der Waals surface area contributed by atoms with Crippen LogP contribution in [0.1, 0.15) is 56.5 Å². The number of fused-ring (bicyclic) bond motifs is 1. The number of ether oxygens (including phenoxy) is 1. The lowest BCUT2D eigenvalue weighted by molar-refractivity contribution is -0.124. The zero-order valence-corrected chi connectivity index (χ0v) is 17.6. The number of esters is 1. The van der Waals surface area contributed by atoms with E-state index >= 15 is 0 Å². The molecule has 0 fully saturated rings. The Hall–Kier alpha value is -2.92. The molecule has 1 N–H and O–H groups in total. The Morgan fingerprint density at radius 1 is 0.900 bits per heavy atom. The first-order valence-corrected chi connectivity index (χ1v) is 11.2. The van der Waals surface area contributed by atoms with Gasteiger partial charge in [-0.15, -0.1) is 11.3 Å². The highest BCUT2D eigenvalue weighted by molar-refractivity contribution is 7.14. The maximum Gasteiger partial charge on any atom is 0.348 e. The van der Waals surface area contributed by atoms with Crippen LogP contribution < -0.4 is 5.32 Å². The van der Waals surface area contributed by atoms with Crippen molar-refractivity contribution in [2.75, 3.05) is 6.61 Å². The third-order valence-corrected chi connectivity index (χ3v) is 6.57. The molecule has 1 aliphatic rings. The quantitative estimate of drug-likeness (QED) is 0.448. The average molecular weight is 420 g/mol. The minimum atomic E-state index is -0.417. The first-order valence-electron chi connectivity index (χ1n) is 10.4. The van der Waals surface area contributed by atoms with Gasteiger partial charge in [-0.05, 0) is 48.4 Å². The molecule has 3 aromatic rings. The van der Waals surface area contributed by atoms with Crippen molar-refractivity contribution in [2.45, 2.75) is 38.1 Å². The van der Waals surface area contributed by atoms with Gasteiger partial charge in [0.1, 0.15) is 4.88 Å². The molecule has 1 aliphatic carbocycles. The van der Waals surface area contributed by atoms with Gasteiger partial charge in [0, 0.05) is 4.88 Å². The van der Waals surface area contributed by atoms with Crippen LogP contribution in [-0.4, -0.2) is 18.5 Å². The van der Waals surface area contributed by atoms with Gasteiger partial charge in [0.25, 0.3) is 5.91 Å². The second-order valence-corrected chi connectivity index (χ2v) is 8.65. The van der Waals surface area contributed by atoms with E-state index in [0.717, 1.165) is 24.0 Å². The van der Waals surface area contributed by atoms with E-state index in [9.17, 15) is 9.59 Å². The molecule has 1 aromatic heterocycles. The van der Waals surface area contributed by atoms with Crippen LogP contribution in [0.5, 0.6) is 0 Å². The molecule has 0 aliphatic heterocycles. The molecule has 4 rings (SSSR count). The van der Waals surface area contributed by atoms with Crippen molar-refractivity contribution in [2.24, 2.45) is 0 Å². The van der Waals surface area contributed by atoms with Gasteiger partial charge in [-0.2, -0.15) is 0 Å². The monoisotopic (exact) mass is 419 g/mol. The molecule has 5 heteroatoms. The van der Waals surface area contributed by atoms with Gasteiger partial charge in [0.2, 0.25) is 0 Å². The molecule has 0 unspecified atom stereocenters. The number of hydrogen-bond donors (Lipinski definition) is 1. The lowest BCUT2D eigenvalue weighted by Crippen LogP contribution is -2.33. The fourth-order valence-corrected chi connectivity index (χ4v) is 4.97. The molecule has 2 aromatic carbocycles. The van der Waals surface area contributed by atoms with Gasteiger partial charge in [0.05, 0.1) is 6.04 Å². The van der Waals surface area contributed by atoms with Crippen molar-refractivity contribution in [3.8, 4) is 0 Å². The second kappa shape index (κ2) is 9.72. The minimum Gasteiger partial charge on any atom is -0.451 e. The molecule has 0 saturated heterocycles. The molecule has 0 atom stereocenters. The molecule has 4 nitrogen and oxygen atoms in total. The molecule has 0 spiro atoms. The first kappa shape index (κ1) is 20.4. The summed E-state index contributed by atoms with van der Waals surface area (Å²) in [7, 11) is 0. The zero-order valence-electron chi connectivity index (χ0n) is 16.8. The van der Waals surface area contributed by atoms with E-state index in [2.05, 4.69) is 5.32 Å². The van der Waals surface area contributed by atoms with Crippen molar-refractivity contribution >= 4 is 23.2 Å². The third kappa shape index (κ3) is 4.97. The largest absolute Gasteiger partial charge is 0.451 e. The number of benzene rings is 2. The Bertz CT molecular complexity index is 935. The third-order valence-electron chi connectivity index (χ3n) is 5.35. The first-order chi connectivity index (χ1) is 14.7. The number of nitrogens with one attached hydrogen (secondary N) is 1. The van der Waals surface area contributed by atoms with Crippen molar-refractivity contribution < 1.29 is 14.3 Å². The summed E-state index contributed by atoms with van der Waals surface area (Å²) in [6.07, 6.45) is 5.64. The summed E-state index contributed by atoms with van der Waals surface area (Å²) in [6, 6.07) is 21.2. The highest BCUT2D eigenvalue weighted by atomic mass is 32.1. The number of hydrogen-bond acceptors (Lipinski definition) is 4. The molecular weight excluding hydrogens is 394 g/mol. The molecule has 30 heavy (non-hydrogen) atoms. The predicted molar refractivity (Wildman–Crippen MR) is 119 cm³/mol. The number of rotatable bonds is 6. The normalized spacial score (nSPS) is 13.4. The fourth-order valence-electron chi connectivity index (χ4n) is 3.82. The summed E-state index contributed by atoms with van der Waals surface area (Å²) in [6.45, 7) is -0.294. The lowest BCUT2D eigenvalue weighted by Gasteiger charge is -2.19. The Morgan fingerprint density at radius 3 is 2.20 bits per heavy atom. The van der Waals surface area contributed by atoms with Crippen LogP contribution in [0.2, 0.25) is 0 Å². The summed E-state index contributed by atoms with van der Waals surface area (Å²) in [5.74, 6) is -0.738. The zero-order chi connectivity index (χ0) is 20.8. The van der Waals surface area contributed by atoms with Gasteiger partial charge >= 0.3 is 5.97 Å². The van der Waals surface area contributed by atoms with Gasteiger partial charge in [-0.3, -0.25) is 4.79 Å². The summed E-state index contributed by atoms with van der Waals surface area (Å²) in [4.78, 5) is 27.0. The standard InChI is InChI=1S/C25H25NO3S/c27-23(17-29-25(28)22-16-20-14-8-3-9-15-21(20)30-22)26-24(18-10-4-1-5-11-18)19-12-6-2-7-13-19/h1-2,4-7,10-13,16,24H,3,8-9,14-15,17H2,(H,26,27). The maximum absolute atomic E-state index is 12.6. The molecule has 1 heterocycles. The number of aryl methyl sites for hydroxylation is 2. The topological polar surface area (TPSA) is 55.4 Å². The Kier molecular flexibility index (Phi) is 6.60. The van der Waals surface area contributed by atoms with Crippen LogP contribution in [-0.2, 0) is 22.4 Å². The number of carbonyl (C=O) groups is 2. The van der Waals surface area contributed by atoms with Crippen LogP contribution >= 0.6 is 11.3 Å². The van der Waals surface area contributed by atoms with Gasteiger partial charge in [-0.25, -0.2) is 4.79 Å². The molecule has 0 saturated carbocycles. The second-order valence-electron chi connectivity index (χ2n) is 7.52. The summed E-state index contributed by atoms with van der Waals surface area (Å²) >= 11 is 1.51. The number of thiophene rings is 1. The van der Waals surface area contributed by atoms with E-state index < -0.39 is 5.97 Å². The van der Waals surface area contributed by atoms with Crippen LogP contribution in [0, 0.1) is 0 Å². The molecule has 1 amide bonds. The van der Waals surface area contributed by atoms with Crippen molar-refractivity contribution in [3.63, 3.8) is 0 Å². The Labute approximate surface area is 180 Å². The Balaban J connectivity index is 1.40. The predicted octanol–water partition coefficient (Wildman–Crippen LogP) is 5.08. The SMILES string of the molecule is O=C(COC(=O)c1cc2c(s1)CCCCC2)NC(c1ccccc1)c1ccccc1. The van der Waals surface area contributed by atoms with E-state index in [1.165, 1.54) is 41.0 Å².